The van der Waals surface area contributed by atoms with E-state index >= 15 is 0 Å². The van der Waals surface area contributed by atoms with Crippen LogP contribution in [0.25, 0.3) is 11.3 Å². The minimum Gasteiger partial charge on any atom is -0.373 e. The third-order valence-corrected chi connectivity index (χ3v) is 5.29. The number of pyridine rings is 1. The van der Waals surface area contributed by atoms with Crippen molar-refractivity contribution in [2.24, 2.45) is 0 Å². The van der Waals surface area contributed by atoms with Crippen molar-refractivity contribution in [1.29, 1.82) is 0 Å². The van der Waals surface area contributed by atoms with Gasteiger partial charge in [0.15, 0.2) is 5.65 Å². The van der Waals surface area contributed by atoms with Gasteiger partial charge in [0.1, 0.15) is 28.8 Å². The lowest BCUT2D eigenvalue weighted by atomic mass is 10.1. The highest BCUT2D eigenvalue weighted by molar-refractivity contribution is 5.61. The largest absolute Gasteiger partial charge is 0.373 e. The van der Waals surface area contributed by atoms with Gasteiger partial charge in [0.2, 0.25) is 0 Å². The molecule has 0 amide bonds. The molecule has 0 aromatic carbocycles. The second-order valence-corrected chi connectivity index (χ2v) is 7.21. The molecule has 148 valence electrons. The van der Waals surface area contributed by atoms with Gasteiger partial charge in [-0.25, -0.2) is 23.6 Å². The fourth-order valence-corrected chi connectivity index (χ4v) is 3.87. The van der Waals surface area contributed by atoms with E-state index in [0.717, 1.165) is 36.5 Å². The number of hydrogen-bond donors (Lipinski definition) is 1. The maximum Gasteiger partial charge on any atom is 0.183 e. The fourth-order valence-electron chi connectivity index (χ4n) is 3.87. The standard InChI is InChI=1S/C20H21FN8/c1-13-10-23-29(12-13)16-11-24-28-9-7-18(26-20(16)28)27-8-3-4-15(27)19-14(21)5-6-17(22-2)25-19/h5-7,9-12,15H,3-4,8H2,1-2H3,(H,22,25)/t15-/m1/s1. The molecule has 1 fully saturated rings. The summed E-state index contributed by atoms with van der Waals surface area (Å²) < 4.78 is 18.1. The Morgan fingerprint density at radius 3 is 2.83 bits per heavy atom. The Morgan fingerprint density at radius 1 is 1.14 bits per heavy atom. The Bertz CT molecular complexity index is 1180. The van der Waals surface area contributed by atoms with Crippen molar-refractivity contribution in [2.75, 3.05) is 23.8 Å². The summed E-state index contributed by atoms with van der Waals surface area (Å²) in [5.74, 6) is 1.14. The van der Waals surface area contributed by atoms with Crippen LogP contribution < -0.4 is 10.2 Å². The van der Waals surface area contributed by atoms with Gasteiger partial charge in [-0.15, -0.1) is 0 Å². The van der Waals surface area contributed by atoms with Crippen LogP contribution in [-0.2, 0) is 0 Å². The lowest BCUT2D eigenvalue weighted by Gasteiger charge is -2.26. The molecule has 1 saturated heterocycles. The summed E-state index contributed by atoms with van der Waals surface area (Å²) in [5, 5.41) is 11.7. The molecular weight excluding hydrogens is 371 g/mol. The van der Waals surface area contributed by atoms with E-state index in [1.165, 1.54) is 6.07 Å². The van der Waals surface area contributed by atoms with Gasteiger partial charge >= 0.3 is 0 Å². The molecule has 0 spiro atoms. The van der Waals surface area contributed by atoms with Gasteiger partial charge in [0.05, 0.1) is 18.4 Å². The molecule has 9 heteroatoms. The van der Waals surface area contributed by atoms with Gasteiger partial charge < -0.3 is 10.2 Å². The Hall–Kier alpha value is -3.49. The van der Waals surface area contributed by atoms with Crippen molar-refractivity contribution >= 4 is 17.3 Å². The lowest BCUT2D eigenvalue weighted by molar-refractivity contribution is 0.563. The molecule has 0 radical (unpaired) electrons. The van der Waals surface area contributed by atoms with Crippen molar-refractivity contribution in [3.05, 3.63) is 60.1 Å². The number of rotatable bonds is 4. The molecule has 1 N–H and O–H groups in total. The SMILES string of the molecule is CNc1ccc(F)c([C@H]2CCCN2c2ccn3ncc(-n4cc(C)cn4)c3n2)n1. The van der Waals surface area contributed by atoms with E-state index in [4.69, 9.17) is 4.98 Å². The normalized spacial score (nSPS) is 16.7. The summed E-state index contributed by atoms with van der Waals surface area (Å²) in [4.78, 5) is 11.5. The van der Waals surface area contributed by atoms with Gasteiger partial charge in [-0.1, -0.05) is 0 Å². The average molecular weight is 392 g/mol. The van der Waals surface area contributed by atoms with Crippen LogP contribution in [0.3, 0.4) is 0 Å². The van der Waals surface area contributed by atoms with Crippen molar-refractivity contribution in [3.63, 3.8) is 0 Å². The summed E-state index contributed by atoms with van der Waals surface area (Å²) >= 11 is 0. The van der Waals surface area contributed by atoms with Crippen LogP contribution in [0.4, 0.5) is 16.0 Å². The van der Waals surface area contributed by atoms with E-state index in [-0.39, 0.29) is 11.9 Å². The maximum atomic E-state index is 14.6. The first kappa shape index (κ1) is 17.6. The summed E-state index contributed by atoms with van der Waals surface area (Å²) in [7, 11) is 1.78. The van der Waals surface area contributed by atoms with E-state index in [9.17, 15) is 4.39 Å². The molecule has 0 unspecified atom stereocenters. The predicted molar refractivity (Wildman–Crippen MR) is 108 cm³/mol. The van der Waals surface area contributed by atoms with Gasteiger partial charge in [0.25, 0.3) is 0 Å². The number of nitrogens with one attached hydrogen (secondary N) is 1. The molecule has 0 bridgehead atoms. The minimum absolute atomic E-state index is 0.156. The van der Waals surface area contributed by atoms with Crippen LogP contribution in [-0.4, -0.2) is 43.0 Å². The highest BCUT2D eigenvalue weighted by atomic mass is 19.1. The molecule has 4 aromatic heterocycles. The maximum absolute atomic E-state index is 14.6. The molecule has 0 aliphatic carbocycles. The van der Waals surface area contributed by atoms with Crippen molar-refractivity contribution in [1.82, 2.24) is 29.4 Å². The first-order valence-electron chi connectivity index (χ1n) is 9.61. The molecule has 1 aliphatic heterocycles. The third-order valence-electron chi connectivity index (χ3n) is 5.29. The quantitative estimate of drug-likeness (QED) is 0.575. The Kier molecular flexibility index (Phi) is 4.15. The number of anilines is 2. The van der Waals surface area contributed by atoms with Gasteiger partial charge in [-0.05, 0) is 43.5 Å². The zero-order valence-electron chi connectivity index (χ0n) is 16.2. The van der Waals surface area contributed by atoms with E-state index in [1.54, 1.807) is 34.7 Å². The molecule has 1 atom stereocenters. The Balaban J connectivity index is 1.56. The first-order valence-corrected chi connectivity index (χ1v) is 9.61. The van der Waals surface area contributed by atoms with E-state index in [1.807, 2.05) is 25.4 Å². The first-order chi connectivity index (χ1) is 14.1. The van der Waals surface area contributed by atoms with Gasteiger partial charge in [0, 0.05) is 26.0 Å². The van der Waals surface area contributed by atoms with Crippen molar-refractivity contribution in [2.45, 2.75) is 25.8 Å². The van der Waals surface area contributed by atoms with E-state index < -0.39 is 0 Å². The number of aromatic nitrogens is 6. The molecule has 8 nitrogen and oxygen atoms in total. The Morgan fingerprint density at radius 2 is 2.03 bits per heavy atom. The molecule has 1 aliphatic rings. The van der Waals surface area contributed by atoms with Crippen LogP contribution >= 0.6 is 0 Å². The second-order valence-electron chi connectivity index (χ2n) is 7.21. The monoisotopic (exact) mass is 392 g/mol. The Labute approximate surface area is 167 Å². The molecular formula is C20H21FN8. The molecule has 4 aromatic rings. The fraction of sp³-hybridized carbons (Fsp3) is 0.300. The smallest absolute Gasteiger partial charge is 0.183 e. The predicted octanol–water partition coefficient (Wildman–Crippen LogP) is 3.14. The number of nitrogens with zero attached hydrogens (tertiary/aromatic N) is 7. The van der Waals surface area contributed by atoms with Crippen LogP contribution in [0, 0.1) is 12.7 Å². The zero-order valence-corrected chi connectivity index (χ0v) is 16.2. The van der Waals surface area contributed by atoms with E-state index in [2.05, 4.69) is 25.4 Å². The third kappa shape index (κ3) is 2.98. The second kappa shape index (κ2) is 6.84. The molecule has 0 saturated carbocycles. The van der Waals surface area contributed by atoms with E-state index in [0.29, 0.717) is 17.2 Å². The average Bonchev–Trinajstić information content (AvgIpc) is 3.46. The number of halogens is 1. The van der Waals surface area contributed by atoms with Crippen LogP contribution in [0.5, 0.6) is 0 Å². The molecule has 5 heterocycles. The summed E-state index contributed by atoms with van der Waals surface area (Å²) in [6, 6.07) is 4.87. The van der Waals surface area contributed by atoms with Crippen molar-refractivity contribution in [3.8, 4) is 5.69 Å². The molecule has 29 heavy (non-hydrogen) atoms. The summed E-state index contributed by atoms with van der Waals surface area (Å²) in [6.45, 7) is 2.78. The van der Waals surface area contributed by atoms with Crippen LogP contribution in [0.15, 0.2) is 43.0 Å². The number of fused-ring (bicyclic) bond motifs is 1. The zero-order chi connectivity index (χ0) is 20.0. The van der Waals surface area contributed by atoms with Crippen molar-refractivity contribution < 1.29 is 4.39 Å². The number of hydrogen-bond acceptors (Lipinski definition) is 6. The minimum atomic E-state index is -0.293. The highest BCUT2D eigenvalue weighted by Crippen LogP contribution is 2.36. The topological polar surface area (TPSA) is 76.2 Å². The summed E-state index contributed by atoms with van der Waals surface area (Å²) in [5.41, 5.74) is 3.02. The van der Waals surface area contributed by atoms with Crippen LogP contribution in [0.1, 0.15) is 30.1 Å². The van der Waals surface area contributed by atoms with Crippen LogP contribution in [0.2, 0.25) is 0 Å². The summed E-state index contributed by atoms with van der Waals surface area (Å²) in [6.07, 6.45) is 9.14. The van der Waals surface area contributed by atoms with Gasteiger partial charge in [-0.2, -0.15) is 10.2 Å². The number of aryl methyl sites for hydroxylation is 1. The lowest BCUT2D eigenvalue weighted by Crippen LogP contribution is -2.25. The van der Waals surface area contributed by atoms with Gasteiger partial charge in [-0.3, -0.25) is 0 Å². The molecule has 5 rings (SSSR count). The highest BCUT2D eigenvalue weighted by Gasteiger charge is 2.31.